The Morgan fingerprint density at radius 1 is 1.00 bits per heavy atom. The summed E-state index contributed by atoms with van der Waals surface area (Å²) in [5.74, 6) is -3.66. The number of carboxylic acid groups (broad SMARTS) is 1. The third-order valence-corrected chi connectivity index (χ3v) is 6.41. The number of nitrogens with one attached hydrogen (secondary N) is 2. The number of thioether (sulfide) groups is 1. The molecule has 1 aliphatic carbocycles. The van der Waals surface area contributed by atoms with Crippen LogP contribution in [0.15, 0.2) is 65.6 Å². The Kier molecular flexibility index (Phi) is 7.89. The second kappa shape index (κ2) is 10.8. The van der Waals surface area contributed by atoms with Gasteiger partial charge < -0.3 is 21.5 Å². The largest absolute Gasteiger partial charge is 0.481 e. The van der Waals surface area contributed by atoms with E-state index in [1.165, 1.54) is 11.8 Å². The van der Waals surface area contributed by atoms with Crippen molar-refractivity contribution >= 4 is 46.8 Å². The molecule has 2 aromatic carbocycles. The van der Waals surface area contributed by atoms with Gasteiger partial charge in [0.05, 0.1) is 28.3 Å². The summed E-state index contributed by atoms with van der Waals surface area (Å²) in [7, 11) is 0. The molecule has 0 saturated carbocycles. The highest BCUT2D eigenvalue weighted by Crippen LogP contribution is 2.30. The Hall–Kier alpha value is -3.59. The van der Waals surface area contributed by atoms with Crippen LogP contribution in [0.5, 0.6) is 0 Å². The number of benzene rings is 2. The SMILES string of the molecule is CC(Sc1cccc(NC(=O)C2CC=CCC2C(=O)O)c1)C(=O)Nc1ccccc1C(N)=O. The summed E-state index contributed by atoms with van der Waals surface area (Å²) in [6, 6.07) is 13.5. The number of carbonyl (C=O) groups is 4. The van der Waals surface area contributed by atoms with E-state index in [-0.39, 0.29) is 17.4 Å². The van der Waals surface area contributed by atoms with Gasteiger partial charge >= 0.3 is 5.97 Å². The fraction of sp³-hybridized carbons (Fsp3) is 0.250. The summed E-state index contributed by atoms with van der Waals surface area (Å²) in [5, 5.41) is 14.4. The van der Waals surface area contributed by atoms with Crippen LogP contribution in [-0.4, -0.2) is 34.0 Å². The molecule has 0 saturated heterocycles. The molecule has 0 heterocycles. The number of anilines is 2. The van der Waals surface area contributed by atoms with Crippen molar-refractivity contribution in [3.63, 3.8) is 0 Å². The van der Waals surface area contributed by atoms with Crippen molar-refractivity contribution < 1.29 is 24.3 Å². The Bertz CT molecular complexity index is 1100. The molecule has 33 heavy (non-hydrogen) atoms. The Labute approximate surface area is 195 Å². The number of hydrogen-bond acceptors (Lipinski definition) is 5. The van der Waals surface area contributed by atoms with Gasteiger partial charge in [-0.1, -0.05) is 30.4 Å². The van der Waals surface area contributed by atoms with Crippen LogP contribution in [0.3, 0.4) is 0 Å². The number of para-hydroxylation sites is 1. The van der Waals surface area contributed by atoms with Crippen LogP contribution in [0, 0.1) is 11.8 Å². The van der Waals surface area contributed by atoms with Crippen molar-refractivity contribution in [1.82, 2.24) is 0 Å². The molecule has 0 aromatic heterocycles. The maximum Gasteiger partial charge on any atom is 0.307 e. The number of amides is 3. The van der Waals surface area contributed by atoms with Crippen molar-refractivity contribution in [2.45, 2.75) is 29.9 Å². The first kappa shape index (κ1) is 24.1. The van der Waals surface area contributed by atoms with E-state index in [2.05, 4.69) is 10.6 Å². The van der Waals surface area contributed by atoms with Gasteiger partial charge in [0.15, 0.2) is 0 Å². The monoisotopic (exact) mass is 467 g/mol. The van der Waals surface area contributed by atoms with E-state index in [0.29, 0.717) is 24.2 Å². The molecule has 3 rings (SSSR count). The van der Waals surface area contributed by atoms with Crippen LogP contribution in [0.25, 0.3) is 0 Å². The van der Waals surface area contributed by atoms with Gasteiger partial charge in [-0.3, -0.25) is 19.2 Å². The summed E-state index contributed by atoms with van der Waals surface area (Å²) in [5.41, 5.74) is 6.45. The van der Waals surface area contributed by atoms with E-state index in [1.807, 2.05) is 12.1 Å². The summed E-state index contributed by atoms with van der Waals surface area (Å²) in [4.78, 5) is 49.1. The molecule has 9 heteroatoms. The van der Waals surface area contributed by atoms with Crippen molar-refractivity contribution in [1.29, 1.82) is 0 Å². The number of allylic oxidation sites excluding steroid dienone is 2. The second-order valence-corrected chi connectivity index (χ2v) is 9.08. The minimum absolute atomic E-state index is 0.227. The first-order valence-electron chi connectivity index (χ1n) is 10.4. The van der Waals surface area contributed by atoms with Crippen molar-refractivity contribution in [3.8, 4) is 0 Å². The molecule has 0 aliphatic heterocycles. The zero-order valence-electron chi connectivity index (χ0n) is 18.0. The maximum atomic E-state index is 12.7. The molecule has 0 fully saturated rings. The molecule has 8 nitrogen and oxygen atoms in total. The van der Waals surface area contributed by atoms with E-state index in [0.717, 1.165) is 4.90 Å². The molecular weight excluding hydrogens is 442 g/mol. The summed E-state index contributed by atoms with van der Waals surface area (Å²) in [6.45, 7) is 1.73. The lowest BCUT2D eigenvalue weighted by Gasteiger charge is -2.24. The minimum atomic E-state index is -0.985. The summed E-state index contributed by atoms with van der Waals surface area (Å²) < 4.78 is 0. The Balaban J connectivity index is 1.64. The molecule has 1 aliphatic rings. The predicted octanol–water partition coefficient (Wildman–Crippen LogP) is 3.51. The molecule has 3 unspecified atom stereocenters. The van der Waals surface area contributed by atoms with Crippen molar-refractivity contribution in [3.05, 3.63) is 66.2 Å². The van der Waals surface area contributed by atoms with Crippen molar-refractivity contribution in [2.75, 3.05) is 10.6 Å². The summed E-state index contributed by atoms with van der Waals surface area (Å²) in [6.07, 6.45) is 4.32. The first-order valence-corrected chi connectivity index (χ1v) is 11.3. The lowest BCUT2D eigenvalue weighted by atomic mass is 9.82. The molecule has 5 N–H and O–H groups in total. The van der Waals surface area contributed by atoms with Crippen molar-refractivity contribution in [2.24, 2.45) is 17.6 Å². The van der Waals surface area contributed by atoms with Gasteiger partial charge in [0.25, 0.3) is 5.91 Å². The number of primary amides is 1. The smallest absolute Gasteiger partial charge is 0.307 e. The fourth-order valence-electron chi connectivity index (χ4n) is 3.56. The van der Waals surface area contributed by atoms with E-state index in [4.69, 9.17) is 5.73 Å². The van der Waals surface area contributed by atoms with Crippen LogP contribution in [0.1, 0.15) is 30.1 Å². The highest BCUT2D eigenvalue weighted by molar-refractivity contribution is 8.00. The van der Waals surface area contributed by atoms with E-state index in [1.54, 1.807) is 55.5 Å². The molecule has 172 valence electrons. The first-order chi connectivity index (χ1) is 15.8. The number of carboxylic acids is 1. The number of nitrogens with two attached hydrogens (primary N) is 1. The lowest BCUT2D eigenvalue weighted by Crippen LogP contribution is -2.34. The molecule has 0 bridgehead atoms. The third-order valence-electron chi connectivity index (χ3n) is 5.32. The average Bonchev–Trinajstić information content (AvgIpc) is 2.79. The van der Waals surface area contributed by atoms with Gasteiger partial charge in [-0.2, -0.15) is 0 Å². The number of carbonyl (C=O) groups excluding carboxylic acids is 3. The highest BCUT2D eigenvalue weighted by atomic mass is 32.2. The number of aliphatic carboxylic acids is 1. The van der Waals surface area contributed by atoms with Gasteiger partial charge in [0.1, 0.15) is 0 Å². The topological polar surface area (TPSA) is 139 Å². The summed E-state index contributed by atoms with van der Waals surface area (Å²) >= 11 is 1.28. The van der Waals surface area contributed by atoms with Crippen LogP contribution >= 0.6 is 11.8 Å². The standard InChI is InChI=1S/C24H25N3O5S/c1-14(22(29)27-20-12-5-4-11-19(20)21(25)28)33-16-8-6-7-15(13-16)26-23(30)17-9-2-3-10-18(17)24(31)32/h2-8,11-14,17-18H,9-10H2,1H3,(H2,25,28)(H,26,30)(H,27,29)(H,31,32). The minimum Gasteiger partial charge on any atom is -0.481 e. The van der Waals surface area contributed by atoms with Gasteiger partial charge in [0, 0.05) is 10.6 Å². The predicted molar refractivity (Wildman–Crippen MR) is 127 cm³/mol. The molecule has 3 amide bonds. The lowest BCUT2D eigenvalue weighted by molar-refractivity contribution is -0.146. The van der Waals surface area contributed by atoms with E-state index < -0.39 is 29.0 Å². The van der Waals surface area contributed by atoms with Gasteiger partial charge in [-0.05, 0) is 50.1 Å². The third kappa shape index (κ3) is 6.23. The van der Waals surface area contributed by atoms with Crippen LogP contribution in [0.2, 0.25) is 0 Å². The quantitative estimate of drug-likeness (QED) is 0.346. The van der Waals surface area contributed by atoms with Crippen LogP contribution < -0.4 is 16.4 Å². The Morgan fingerprint density at radius 3 is 2.39 bits per heavy atom. The molecule has 2 aromatic rings. The molecule has 3 atom stereocenters. The van der Waals surface area contributed by atoms with Crippen LogP contribution in [-0.2, 0) is 14.4 Å². The Morgan fingerprint density at radius 2 is 1.70 bits per heavy atom. The van der Waals surface area contributed by atoms with E-state index >= 15 is 0 Å². The number of rotatable bonds is 8. The van der Waals surface area contributed by atoms with Gasteiger partial charge in [0.2, 0.25) is 11.8 Å². The van der Waals surface area contributed by atoms with Gasteiger partial charge in [-0.25, -0.2) is 0 Å². The maximum absolute atomic E-state index is 12.7. The fourth-order valence-corrected chi connectivity index (χ4v) is 4.48. The molecule has 0 spiro atoms. The second-order valence-electron chi connectivity index (χ2n) is 7.67. The normalized spacial score (nSPS) is 18.2. The van der Waals surface area contributed by atoms with Gasteiger partial charge in [-0.15, -0.1) is 11.8 Å². The van der Waals surface area contributed by atoms with Crippen LogP contribution in [0.4, 0.5) is 11.4 Å². The average molecular weight is 468 g/mol. The van der Waals surface area contributed by atoms with E-state index in [9.17, 15) is 24.3 Å². The number of hydrogen-bond donors (Lipinski definition) is 4. The molecule has 0 radical (unpaired) electrons. The molecular formula is C24H25N3O5S. The zero-order valence-corrected chi connectivity index (χ0v) is 18.8. The zero-order chi connectivity index (χ0) is 24.0. The highest BCUT2D eigenvalue weighted by Gasteiger charge is 2.34.